The van der Waals surface area contributed by atoms with Gasteiger partial charge in [0.25, 0.3) is 0 Å². The molecular weight excluding hydrogens is 504 g/mol. The largest absolute Gasteiger partial charge is 0.396 e. The van der Waals surface area contributed by atoms with E-state index >= 15 is 0 Å². The van der Waals surface area contributed by atoms with Crippen LogP contribution in [0.25, 0.3) is 11.1 Å². The van der Waals surface area contributed by atoms with Crippen LogP contribution >= 0.6 is 0 Å². The Labute approximate surface area is 238 Å². The van der Waals surface area contributed by atoms with Gasteiger partial charge in [0, 0.05) is 11.8 Å². The number of halogens is 2. The Morgan fingerprint density at radius 2 is 1.73 bits per heavy atom. The van der Waals surface area contributed by atoms with E-state index in [1.165, 1.54) is 34.5 Å². The van der Waals surface area contributed by atoms with Crippen LogP contribution in [-0.4, -0.2) is 23.0 Å². The zero-order valence-electron chi connectivity index (χ0n) is 24.3. The van der Waals surface area contributed by atoms with Crippen LogP contribution in [0.2, 0.25) is 0 Å². The molecule has 0 amide bonds. The number of nitrogens with zero attached hydrogens (tertiary/aromatic N) is 1. The normalized spacial score (nSPS) is 28.0. The first kappa shape index (κ1) is 27.9. The standard InChI is InChI=1S/C35H45F2NO2/c1-3-4-5-27-19-24(20-29(25-7-8-25)33(27)28-9-10-30(36)31(37)21-28)18-23-6-11-32(38-40-22-23)26-12-14-34(2,15-13-26)35(39)16-17-35/h9-10,19-21,23,25-26,39H,3-8,11-18,22H2,1-2H3. The molecule has 40 heavy (non-hydrogen) atoms. The first-order valence-corrected chi connectivity index (χ1v) is 15.8. The molecule has 1 atom stereocenters. The molecule has 2 aromatic rings. The summed E-state index contributed by atoms with van der Waals surface area (Å²) < 4.78 is 28.0. The number of aliphatic hydroxyl groups is 1. The fourth-order valence-electron chi connectivity index (χ4n) is 7.45. The summed E-state index contributed by atoms with van der Waals surface area (Å²) in [4.78, 5) is 5.94. The van der Waals surface area contributed by atoms with Crippen LogP contribution in [0.1, 0.15) is 114 Å². The number of oxime groups is 1. The highest BCUT2D eigenvalue weighted by molar-refractivity contribution is 5.86. The van der Waals surface area contributed by atoms with Crippen molar-refractivity contribution in [2.45, 2.75) is 115 Å². The van der Waals surface area contributed by atoms with E-state index in [0.717, 1.165) is 101 Å². The molecule has 5 heteroatoms. The van der Waals surface area contributed by atoms with Crippen molar-refractivity contribution < 1.29 is 18.7 Å². The van der Waals surface area contributed by atoms with E-state index in [4.69, 9.17) is 4.84 Å². The number of benzene rings is 2. The molecule has 6 rings (SSSR count). The van der Waals surface area contributed by atoms with Gasteiger partial charge in [0.2, 0.25) is 0 Å². The van der Waals surface area contributed by atoms with Gasteiger partial charge in [0.1, 0.15) is 6.61 Å². The summed E-state index contributed by atoms with van der Waals surface area (Å²) >= 11 is 0. The van der Waals surface area contributed by atoms with Crippen LogP contribution < -0.4 is 0 Å². The Hall–Kier alpha value is -2.27. The van der Waals surface area contributed by atoms with Gasteiger partial charge in [-0.1, -0.05) is 43.6 Å². The van der Waals surface area contributed by atoms with E-state index in [2.05, 4.69) is 31.1 Å². The summed E-state index contributed by atoms with van der Waals surface area (Å²) in [6.45, 7) is 5.12. The highest BCUT2D eigenvalue weighted by Gasteiger charge is 2.56. The van der Waals surface area contributed by atoms with Crippen molar-refractivity contribution in [2.24, 2.45) is 22.4 Å². The lowest BCUT2D eigenvalue weighted by Crippen LogP contribution is -2.39. The first-order chi connectivity index (χ1) is 19.3. The predicted molar refractivity (Wildman–Crippen MR) is 156 cm³/mol. The Kier molecular flexibility index (Phi) is 7.80. The summed E-state index contributed by atoms with van der Waals surface area (Å²) in [5, 5.41) is 15.4. The summed E-state index contributed by atoms with van der Waals surface area (Å²) in [6, 6.07) is 9.06. The Balaban J connectivity index is 1.16. The Morgan fingerprint density at radius 1 is 0.950 bits per heavy atom. The summed E-state index contributed by atoms with van der Waals surface area (Å²) in [7, 11) is 0. The minimum absolute atomic E-state index is 0.0682. The van der Waals surface area contributed by atoms with E-state index in [-0.39, 0.29) is 5.41 Å². The molecule has 0 aromatic heterocycles. The Morgan fingerprint density at radius 3 is 2.40 bits per heavy atom. The van der Waals surface area contributed by atoms with Gasteiger partial charge < -0.3 is 9.94 Å². The van der Waals surface area contributed by atoms with Crippen molar-refractivity contribution in [1.29, 1.82) is 0 Å². The van der Waals surface area contributed by atoms with Crippen LogP contribution in [0.4, 0.5) is 8.78 Å². The highest BCUT2D eigenvalue weighted by Crippen LogP contribution is 2.57. The van der Waals surface area contributed by atoms with Crippen LogP contribution in [0.15, 0.2) is 35.5 Å². The zero-order chi connectivity index (χ0) is 27.9. The zero-order valence-corrected chi connectivity index (χ0v) is 24.3. The molecule has 3 nitrogen and oxygen atoms in total. The smallest absolute Gasteiger partial charge is 0.159 e. The van der Waals surface area contributed by atoms with Gasteiger partial charge in [-0.2, -0.15) is 0 Å². The number of hydrogen-bond donors (Lipinski definition) is 1. The maximum absolute atomic E-state index is 14.3. The van der Waals surface area contributed by atoms with E-state index in [1.54, 1.807) is 6.07 Å². The second kappa shape index (κ2) is 11.2. The quantitative estimate of drug-likeness (QED) is 0.339. The minimum atomic E-state index is -0.791. The number of unbranched alkanes of at least 4 members (excludes halogenated alkanes) is 1. The molecule has 3 aliphatic carbocycles. The van der Waals surface area contributed by atoms with Gasteiger partial charge >= 0.3 is 0 Å². The topological polar surface area (TPSA) is 41.8 Å². The van der Waals surface area contributed by atoms with Crippen molar-refractivity contribution in [3.63, 3.8) is 0 Å². The molecule has 0 bridgehead atoms. The predicted octanol–water partition coefficient (Wildman–Crippen LogP) is 8.90. The van der Waals surface area contributed by atoms with Gasteiger partial charge in [0.15, 0.2) is 11.6 Å². The fraction of sp³-hybridized carbons (Fsp3) is 0.629. The highest BCUT2D eigenvalue weighted by atomic mass is 19.2. The first-order valence-electron chi connectivity index (χ1n) is 15.8. The maximum atomic E-state index is 14.3. The summed E-state index contributed by atoms with van der Waals surface area (Å²) in [5.74, 6) is -0.174. The van der Waals surface area contributed by atoms with Crippen molar-refractivity contribution in [3.05, 3.63) is 58.7 Å². The van der Waals surface area contributed by atoms with Crippen LogP contribution in [0, 0.1) is 28.9 Å². The summed E-state index contributed by atoms with van der Waals surface area (Å²) in [6.07, 6.45) is 14.7. The minimum Gasteiger partial charge on any atom is -0.396 e. The van der Waals surface area contributed by atoms with E-state index in [9.17, 15) is 13.9 Å². The van der Waals surface area contributed by atoms with Gasteiger partial charge in [-0.3, -0.25) is 0 Å². The number of hydrogen-bond acceptors (Lipinski definition) is 3. The van der Waals surface area contributed by atoms with Gasteiger partial charge in [-0.05, 0) is 135 Å². The second-order valence-electron chi connectivity index (χ2n) is 13.6. The van der Waals surface area contributed by atoms with E-state index in [0.29, 0.717) is 24.4 Å². The van der Waals surface area contributed by atoms with Crippen LogP contribution in [0.5, 0.6) is 0 Å². The van der Waals surface area contributed by atoms with Gasteiger partial charge in [-0.15, -0.1) is 0 Å². The molecule has 1 N–H and O–H groups in total. The van der Waals surface area contributed by atoms with E-state index < -0.39 is 17.2 Å². The molecule has 3 saturated carbocycles. The molecule has 1 heterocycles. The molecule has 3 fully saturated rings. The molecule has 0 radical (unpaired) electrons. The molecule has 4 aliphatic rings. The SMILES string of the molecule is CCCCc1cc(CC2CCC(C3CCC(C)(C4(O)CC4)CC3)=NOC2)cc(C2CC2)c1-c1ccc(F)c(F)c1. The fourth-order valence-corrected chi connectivity index (χ4v) is 7.45. The number of rotatable bonds is 9. The third-order valence-electron chi connectivity index (χ3n) is 10.6. The summed E-state index contributed by atoms with van der Waals surface area (Å²) in [5.41, 5.74) is 6.71. The van der Waals surface area contributed by atoms with Gasteiger partial charge in [0.05, 0.1) is 11.3 Å². The lowest BCUT2D eigenvalue weighted by atomic mass is 9.66. The van der Waals surface area contributed by atoms with Crippen molar-refractivity contribution in [2.75, 3.05) is 6.61 Å². The van der Waals surface area contributed by atoms with E-state index in [1.807, 2.05) is 0 Å². The van der Waals surface area contributed by atoms with Crippen molar-refractivity contribution in [1.82, 2.24) is 0 Å². The van der Waals surface area contributed by atoms with Crippen LogP contribution in [0.3, 0.4) is 0 Å². The third kappa shape index (κ3) is 5.73. The van der Waals surface area contributed by atoms with Crippen LogP contribution in [-0.2, 0) is 17.7 Å². The lowest BCUT2D eigenvalue weighted by molar-refractivity contribution is -0.0178. The second-order valence-corrected chi connectivity index (χ2v) is 13.6. The Bertz CT molecular complexity index is 1250. The van der Waals surface area contributed by atoms with Gasteiger partial charge in [-0.25, -0.2) is 8.78 Å². The molecule has 0 saturated heterocycles. The average molecular weight is 550 g/mol. The molecular formula is C35H45F2NO2. The maximum Gasteiger partial charge on any atom is 0.159 e. The molecule has 216 valence electrons. The molecule has 1 aliphatic heterocycles. The number of aryl methyl sites for hydroxylation is 1. The lowest BCUT2D eigenvalue weighted by Gasteiger charge is -2.41. The third-order valence-corrected chi connectivity index (χ3v) is 10.6. The van der Waals surface area contributed by atoms with Crippen molar-refractivity contribution in [3.8, 4) is 11.1 Å². The molecule has 2 aromatic carbocycles. The molecule has 0 spiro atoms. The average Bonchev–Trinajstić information content (AvgIpc) is 3.86. The monoisotopic (exact) mass is 549 g/mol. The molecule has 1 unspecified atom stereocenters. The van der Waals surface area contributed by atoms with Crippen molar-refractivity contribution >= 4 is 5.71 Å².